The molecule has 25 heavy (non-hydrogen) atoms. The van der Waals surface area contributed by atoms with Crippen molar-refractivity contribution < 1.29 is 18.7 Å². The summed E-state index contributed by atoms with van der Waals surface area (Å²) in [5.41, 5.74) is 1.10. The van der Waals surface area contributed by atoms with Crippen LogP contribution in [0.15, 0.2) is 36.4 Å². The summed E-state index contributed by atoms with van der Waals surface area (Å²) in [6.45, 7) is 1.96. The van der Waals surface area contributed by atoms with Gasteiger partial charge in [0.05, 0.1) is 27.8 Å². The van der Waals surface area contributed by atoms with E-state index >= 15 is 0 Å². The van der Waals surface area contributed by atoms with Crippen LogP contribution in [-0.4, -0.2) is 20.9 Å². The third-order valence-electron chi connectivity index (χ3n) is 3.92. The third-order valence-corrected chi connectivity index (χ3v) is 4.78. The van der Waals surface area contributed by atoms with Crippen LogP contribution in [0.4, 0.5) is 8.78 Å². The SMILES string of the molecule is Cc1nn(Cc2cccc(Cl)c2Cl)c2cc(C(F)(F)C(=O)O)ccc12. The normalized spacial score (nSPS) is 11.9. The van der Waals surface area contributed by atoms with Gasteiger partial charge in [0.1, 0.15) is 0 Å². The van der Waals surface area contributed by atoms with Crippen LogP contribution >= 0.6 is 23.2 Å². The lowest BCUT2D eigenvalue weighted by molar-refractivity contribution is -0.166. The maximum absolute atomic E-state index is 13.8. The van der Waals surface area contributed by atoms with Gasteiger partial charge in [-0.1, -0.05) is 47.5 Å². The number of hydrogen-bond acceptors (Lipinski definition) is 2. The molecule has 1 aromatic heterocycles. The lowest BCUT2D eigenvalue weighted by atomic mass is 10.1. The van der Waals surface area contributed by atoms with Gasteiger partial charge >= 0.3 is 11.9 Å². The highest BCUT2D eigenvalue weighted by atomic mass is 35.5. The van der Waals surface area contributed by atoms with Crippen molar-refractivity contribution in [3.8, 4) is 0 Å². The molecule has 0 aliphatic rings. The maximum atomic E-state index is 13.8. The Morgan fingerprint density at radius 2 is 2.00 bits per heavy atom. The van der Waals surface area contributed by atoms with Gasteiger partial charge < -0.3 is 5.11 Å². The second-order valence-electron chi connectivity index (χ2n) is 5.57. The van der Waals surface area contributed by atoms with E-state index in [1.807, 2.05) is 0 Å². The fourth-order valence-electron chi connectivity index (χ4n) is 2.61. The van der Waals surface area contributed by atoms with Gasteiger partial charge in [0.15, 0.2) is 0 Å². The molecule has 130 valence electrons. The number of carboxylic acid groups (broad SMARTS) is 1. The van der Waals surface area contributed by atoms with Gasteiger partial charge in [0, 0.05) is 10.9 Å². The Bertz CT molecular complexity index is 986. The van der Waals surface area contributed by atoms with Gasteiger partial charge in [0.2, 0.25) is 0 Å². The van der Waals surface area contributed by atoms with Gasteiger partial charge in [-0.3, -0.25) is 4.68 Å². The Balaban J connectivity index is 2.12. The van der Waals surface area contributed by atoms with Crippen molar-refractivity contribution in [2.24, 2.45) is 0 Å². The minimum absolute atomic E-state index is 0.214. The summed E-state index contributed by atoms with van der Waals surface area (Å²) in [4.78, 5) is 10.8. The molecule has 0 spiro atoms. The number of aliphatic carboxylic acids is 1. The Kier molecular flexibility index (Phi) is 4.43. The molecular formula is C17H12Cl2F2N2O2. The van der Waals surface area contributed by atoms with Crippen molar-refractivity contribution in [2.75, 3.05) is 0 Å². The standard InChI is InChI=1S/C17H12Cl2F2N2O2/c1-9-12-6-5-11(17(20,21)16(24)25)7-14(12)23(22-9)8-10-3-2-4-13(18)15(10)19/h2-7H,8H2,1H3,(H,24,25). The van der Waals surface area contributed by atoms with Gasteiger partial charge in [-0.15, -0.1) is 0 Å². The van der Waals surface area contributed by atoms with E-state index in [1.54, 1.807) is 25.1 Å². The summed E-state index contributed by atoms with van der Waals surface area (Å²) in [6, 6.07) is 8.81. The van der Waals surface area contributed by atoms with Crippen molar-refractivity contribution in [3.05, 3.63) is 63.3 Å². The molecule has 1 heterocycles. The summed E-state index contributed by atoms with van der Waals surface area (Å²) >= 11 is 12.2. The fourth-order valence-corrected chi connectivity index (χ4v) is 2.99. The van der Waals surface area contributed by atoms with E-state index in [-0.39, 0.29) is 6.54 Å². The molecule has 0 atom stereocenters. The highest BCUT2D eigenvalue weighted by Gasteiger charge is 2.41. The Morgan fingerprint density at radius 3 is 2.68 bits per heavy atom. The van der Waals surface area contributed by atoms with Crippen molar-refractivity contribution in [3.63, 3.8) is 0 Å². The number of fused-ring (bicyclic) bond motifs is 1. The zero-order valence-corrected chi connectivity index (χ0v) is 14.4. The highest BCUT2D eigenvalue weighted by molar-refractivity contribution is 6.42. The monoisotopic (exact) mass is 384 g/mol. The molecular weight excluding hydrogens is 373 g/mol. The molecule has 0 amide bonds. The number of alkyl halides is 2. The third kappa shape index (κ3) is 3.07. The quantitative estimate of drug-likeness (QED) is 0.697. The lowest BCUT2D eigenvalue weighted by Gasteiger charge is -2.12. The molecule has 0 saturated carbocycles. The van der Waals surface area contributed by atoms with E-state index in [0.29, 0.717) is 32.2 Å². The number of rotatable bonds is 4. The van der Waals surface area contributed by atoms with Crippen LogP contribution in [0, 0.1) is 6.92 Å². The summed E-state index contributed by atoms with van der Waals surface area (Å²) in [5, 5.41) is 14.5. The van der Waals surface area contributed by atoms with Crippen LogP contribution in [-0.2, 0) is 17.3 Å². The predicted octanol–water partition coefficient (Wildman–Crippen LogP) is 4.88. The van der Waals surface area contributed by atoms with Crippen molar-refractivity contribution in [1.82, 2.24) is 9.78 Å². The average molecular weight is 385 g/mol. The van der Waals surface area contributed by atoms with E-state index in [4.69, 9.17) is 28.3 Å². The number of carbonyl (C=O) groups is 1. The summed E-state index contributed by atoms with van der Waals surface area (Å²) in [6.07, 6.45) is 0. The maximum Gasteiger partial charge on any atom is 0.379 e. The van der Waals surface area contributed by atoms with E-state index in [9.17, 15) is 13.6 Å². The molecule has 0 unspecified atom stereocenters. The molecule has 4 nitrogen and oxygen atoms in total. The number of nitrogens with zero attached hydrogens (tertiary/aromatic N) is 2. The van der Waals surface area contributed by atoms with Gasteiger partial charge in [-0.2, -0.15) is 13.9 Å². The molecule has 0 aliphatic heterocycles. The second-order valence-corrected chi connectivity index (χ2v) is 6.35. The minimum atomic E-state index is -3.98. The average Bonchev–Trinajstić information content (AvgIpc) is 2.87. The Hall–Kier alpha value is -2.18. The smallest absolute Gasteiger partial charge is 0.379 e. The van der Waals surface area contributed by atoms with Crippen molar-refractivity contribution in [1.29, 1.82) is 0 Å². The van der Waals surface area contributed by atoms with Gasteiger partial charge in [0.25, 0.3) is 0 Å². The molecule has 3 rings (SSSR count). The highest BCUT2D eigenvalue weighted by Crippen LogP contribution is 2.32. The van der Waals surface area contributed by atoms with Crippen LogP contribution in [0.2, 0.25) is 10.0 Å². The van der Waals surface area contributed by atoms with Crippen LogP contribution < -0.4 is 0 Å². The molecule has 0 bridgehead atoms. The molecule has 1 N–H and O–H groups in total. The van der Waals surface area contributed by atoms with E-state index < -0.39 is 17.5 Å². The molecule has 0 fully saturated rings. The molecule has 0 aliphatic carbocycles. The van der Waals surface area contributed by atoms with Crippen LogP contribution in [0.5, 0.6) is 0 Å². The summed E-state index contributed by atoms with van der Waals surface area (Å²) < 4.78 is 29.1. The molecule has 0 saturated heterocycles. The first kappa shape index (κ1) is 17.6. The Morgan fingerprint density at radius 1 is 1.28 bits per heavy atom. The Labute approximate surface area is 151 Å². The van der Waals surface area contributed by atoms with Gasteiger partial charge in [-0.25, -0.2) is 4.79 Å². The van der Waals surface area contributed by atoms with Crippen molar-refractivity contribution >= 4 is 40.1 Å². The second kappa shape index (κ2) is 6.28. The summed E-state index contributed by atoms with van der Waals surface area (Å²) in [7, 11) is 0. The van der Waals surface area contributed by atoms with Crippen molar-refractivity contribution in [2.45, 2.75) is 19.4 Å². The summed E-state index contributed by atoms with van der Waals surface area (Å²) in [5.74, 6) is -6.18. The number of hydrogen-bond donors (Lipinski definition) is 1. The first-order valence-corrected chi connectivity index (χ1v) is 7.99. The predicted molar refractivity (Wildman–Crippen MR) is 91.6 cm³/mol. The topological polar surface area (TPSA) is 55.1 Å². The number of aryl methyl sites for hydroxylation is 1. The number of halogens is 4. The molecule has 0 radical (unpaired) electrons. The molecule has 8 heteroatoms. The van der Waals surface area contributed by atoms with Crippen LogP contribution in [0.3, 0.4) is 0 Å². The number of benzene rings is 2. The van der Waals surface area contributed by atoms with Gasteiger partial charge in [-0.05, 0) is 24.6 Å². The van der Waals surface area contributed by atoms with Crippen LogP contribution in [0.1, 0.15) is 16.8 Å². The largest absolute Gasteiger partial charge is 0.477 e. The first-order chi connectivity index (χ1) is 11.7. The first-order valence-electron chi connectivity index (χ1n) is 7.23. The zero-order chi connectivity index (χ0) is 18.4. The van der Waals surface area contributed by atoms with Crippen LogP contribution in [0.25, 0.3) is 10.9 Å². The zero-order valence-electron chi connectivity index (χ0n) is 12.9. The van der Waals surface area contributed by atoms with E-state index in [2.05, 4.69) is 5.10 Å². The van der Waals surface area contributed by atoms with E-state index in [1.165, 1.54) is 10.7 Å². The number of carboxylic acids is 1. The molecule has 3 aromatic rings. The fraction of sp³-hybridized carbons (Fsp3) is 0.176. The molecule has 2 aromatic carbocycles. The minimum Gasteiger partial charge on any atom is -0.477 e. The number of aromatic nitrogens is 2. The lowest BCUT2D eigenvalue weighted by Crippen LogP contribution is -2.25. The van der Waals surface area contributed by atoms with E-state index in [0.717, 1.165) is 12.1 Å².